The molecule has 10 heteroatoms. The molecule has 10 nitrogen and oxygen atoms in total. The van der Waals surface area contributed by atoms with Gasteiger partial charge in [0.05, 0.1) is 23.7 Å². The van der Waals surface area contributed by atoms with E-state index in [1.54, 1.807) is 63.2 Å². The lowest BCUT2D eigenvalue weighted by atomic mass is 9.57. The molecule has 4 rings (SSSR count). The second kappa shape index (κ2) is 12.2. The predicted octanol–water partition coefficient (Wildman–Crippen LogP) is 2.25. The first-order chi connectivity index (χ1) is 20.0. The molecule has 1 saturated carbocycles. The summed E-state index contributed by atoms with van der Waals surface area (Å²) in [4.78, 5) is 41.0. The molecule has 3 aliphatic rings. The standard InChI is InChI=1S/C33H45NO9/c1-17-23(42-18(2)35)14-21-22(36)13-20-16-33(5,30(40)28(38)26(17)32(21,3)4)25(37)15-24(20)43-31(41)29(39)27(34(6)7)19-11-9-8-10-12-19/h8-13,21-25,27-29,36-39H,14-16H2,1-7H3. The number of carbonyl (C=O) groups excluding carboxylic acids is 3. The summed E-state index contributed by atoms with van der Waals surface area (Å²) in [5.41, 5.74) is -0.308. The van der Waals surface area contributed by atoms with Crippen LogP contribution in [0.4, 0.5) is 0 Å². The Morgan fingerprint density at radius 1 is 1.00 bits per heavy atom. The van der Waals surface area contributed by atoms with Crippen LogP contribution in [0.25, 0.3) is 0 Å². The van der Waals surface area contributed by atoms with E-state index < -0.39 is 77.1 Å². The largest absolute Gasteiger partial charge is 0.458 e. The Balaban J connectivity index is 1.74. The number of ketones is 1. The zero-order chi connectivity index (χ0) is 32.0. The zero-order valence-electron chi connectivity index (χ0n) is 26.0. The molecule has 0 heterocycles. The van der Waals surface area contributed by atoms with Gasteiger partial charge >= 0.3 is 11.9 Å². The molecule has 4 bridgehead atoms. The Hall–Kier alpha value is -2.89. The van der Waals surface area contributed by atoms with Crippen molar-refractivity contribution >= 4 is 17.7 Å². The van der Waals surface area contributed by atoms with E-state index in [1.165, 1.54) is 6.92 Å². The van der Waals surface area contributed by atoms with Crippen molar-refractivity contribution in [3.05, 3.63) is 58.7 Å². The number of ether oxygens (including phenoxy) is 2. The molecule has 0 aromatic heterocycles. The molecule has 1 aromatic carbocycles. The number of aliphatic hydroxyl groups is 4. The lowest BCUT2D eigenvalue weighted by Gasteiger charge is -2.50. The van der Waals surface area contributed by atoms with E-state index >= 15 is 0 Å². The van der Waals surface area contributed by atoms with Gasteiger partial charge in [-0.15, -0.1) is 0 Å². The fourth-order valence-corrected chi connectivity index (χ4v) is 7.40. The highest BCUT2D eigenvalue weighted by Gasteiger charge is 2.55. The molecule has 0 radical (unpaired) electrons. The Bertz CT molecular complexity index is 1300. The van der Waals surface area contributed by atoms with E-state index in [9.17, 15) is 34.8 Å². The van der Waals surface area contributed by atoms with E-state index in [4.69, 9.17) is 9.47 Å². The Kier molecular flexibility index (Phi) is 9.40. The van der Waals surface area contributed by atoms with Crippen molar-refractivity contribution in [2.75, 3.05) is 14.1 Å². The first-order valence-corrected chi connectivity index (χ1v) is 14.8. The quantitative estimate of drug-likeness (QED) is 0.283. The number of aliphatic hydroxyl groups excluding tert-OH is 4. The fraction of sp³-hybridized carbons (Fsp3) is 0.606. The minimum absolute atomic E-state index is 0.0716. The number of hydrogen-bond donors (Lipinski definition) is 4. The van der Waals surface area contributed by atoms with Crippen molar-refractivity contribution in [1.82, 2.24) is 4.90 Å². The van der Waals surface area contributed by atoms with Crippen LogP contribution < -0.4 is 0 Å². The summed E-state index contributed by atoms with van der Waals surface area (Å²) in [5, 5.41) is 45.7. The zero-order valence-corrected chi connectivity index (χ0v) is 26.0. The highest BCUT2D eigenvalue weighted by atomic mass is 16.6. The molecule has 9 atom stereocenters. The van der Waals surface area contributed by atoms with E-state index in [0.29, 0.717) is 22.3 Å². The van der Waals surface area contributed by atoms with E-state index in [0.717, 1.165) is 0 Å². The van der Waals surface area contributed by atoms with Crippen LogP contribution in [-0.4, -0.2) is 93.8 Å². The van der Waals surface area contributed by atoms with Crippen LogP contribution in [-0.2, 0) is 23.9 Å². The normalized spacial score (nSPS) is 33.8. The Morgan fingerprint density at radius 3 is 2.21 bits per heavy atom. The van der Waals surface area contributed by atoms with Crippen molar-refractivity contribution in [2.45, 2.75) is 96.5 Å². The fourth-order valence-electron chi connectivity index (χ4n) is 7.40. The molecular formula is C33H45NO9. The van der Waals surface area contributed by atoms with Crippen LogP contribution in [0.5, 0.6) is 0 Å². The molecule has 4 N–H and O–H groups in total. The summed E-state index contributed by atoms with van der Waals surface area (Å²) >= 11 is 0. The van der Waals surface area contributed by atoms with Gasteiger partial charge in [-0.25, -0.2) is 4.79 Å². The highest BCUT2D eigenvalue weighted by Crippen LogP contribution is 2.52. The number of esters is 2. The molecule has 0 saturated heterocycles. The predicted molar refractivity (Wildman–Crippen MR) is 157 cm³/mol. The molecule has 0 aliphatic heterocycles. The number of nitrogens with zero attached hydrogens (tertiary/aromatic N) is 1. The maximum atomic E-state index is 14.0. The van der Waals surface area contributed by atoms with E-state index in [2.05, 4.69) is 0 Å². The molecular weight excluding hydrogens is 554 g/mol. The van der Waals surface area contributed by atoms with Crippen LogP contribution in [0.15, 0.2) is 53.1 Å². The number of likely N-dealkylation sites (N-methyl/N-ethyl adjacent to an activating group) is 1. The smallest absolute Gasteiger partial charge is 0.337 e. The lowest BCUT2D eigenvalue weighted by Crippen LogP contribution is -2.56. The van der Waals surface area contributed by atoms with Crippen LogP contribution in [0.3, 0.4) is 0 Å². The maximum absolute atomic E-state index is 14.0. The third-order valence-electron chi connectivity index (χ3n) is 9.84. The molecule has 43 heavy (non-hydrogen) atoms. The SMILES string of the molecule is CC(=O)OC1CC2C(O)C=C3CC(C)(C(=O)C(O)C(=C1C)C2(C)C)C(O)CC3OC(=O)C(O)C(c1ccccc1)N(C)C. The summed E-state index contributed by atoms with van der Waals surface area (Å²) in [6.07, 6.45) is -5.82. The van der Waals surface area contributed by atoms with Crippen LogP contribution in [0.1, 0.15) is 65.5 Å². The van der Waals surface area contributed by atoms with Crippen LogP contribution in [0, 0.1) is 16.7 Å². The summed E-state index contributed by atoms with van der Waals surface area (Å²) in [6, 6.07) is 8.34. The number of benzene rings is 1. The number of carbonyl (C=O) groups is 3. The maximum Gasteiger partial charge on any atom is 0.337 e. The molecule has 0 amide bonds. The second-order valence-electron chi connectivity index (χ2n) is 13.3. The van der Waals surface area contributed by atoms with Crippen LogP contribution >= 0.6 is 0 Å². The average molecular weight is 600 g/mol. The molecule has 0 spiro atoms. The lowest BCUT2D eigenvalue weighted by molar-refractivity contribution is -0.166. The number of Topliss-reactive ketones (excluding diaryl/α,β-unsaturated/α-hetero) is 1. The van der Waals surface area contributed by atoms with E-state index in [1.807, 2.05) is 19.9 Å². The molecule has 1 fully saturated rings. The van der Waals surface area contributed by atoms with Gasteiger partial charge < -0.3 is 29.9 Å². The number of hydrogen-bond acceptors (Lipinski definition) is 10. The third kappa shape index (κ3) is 6.08. The van der Waals surface area contributed by atoms with Gasteiger partial charge in [0.15, 0.2) is 11.9 Å². The Labute approximate surface area is 253 Å². The van der Waals surface area contributed by atoms with Gasteiger partial charge in [-0.2, -0.15) is 0 Å². The summed E-state index contributed by atoms with van der Waals surface area (Å²) in [6.45, 7) is 8.20. The minimum Gasteiger partial charge on any atom is -0.458 e. The van der Waals surface area contributed by atoms with E-state index in [-0.39, 0.29) is 19.3 Å². The summed E-state index contributed by atoms with van der Waals surface area (Å²) in [7, 11) is 3.47. The van der Waals surface area contributed by atoms with Gasteiger partial charge in [-0.3, -0.25) is 14.5 Å². The second-order valence-corrected chi connectivity index (χ2v) is 13.3. The monoisotopic (exact) mass is 599 g/mol. The highest BCUT2D eigenvalue weighted by molar-refractivity contribution is 5.92. The Morgan fingerprint density at radius 2 is 1.63 bits per heavy atom. The van der Waals surface area contributed by atoms with Crippen molar-refractivity contribution in [2.24, 2.45) is 16.7 Å². The van der Waals surface area contributed by atoms with Gasteiger partial charge in [0.2, 0.25) is 0 Å². The molecule has 3 aliphatic carbocycles. The average Bonchev–Trinajstić information content (AvgIpc) is 2.91. The van der Waals surface area contributed by atoms with Crippen molar-refractivity contribution < 1.29 is 44.3 Å². The van der Waals surface area contributed by atoms with Gasteiger partial charge in [0.25, 0.3) is 0 Å². The third-order valence-corrected chi connectivity index (χ3v) is 9.84. The van der Waals surface area contributed by atoms with Crippen molar-refractivity contribution in [1.29, 1.82) is 0 Å². The number of rotatable bonds is 6. The van der Waals surface area contributed by atoms with Crippen molar-refractivity contribution in [3.63, 3.8) is 0 Å². The summed E-state index contributed by atoms with van der Waals surface area (Å²) in [5.74, 6) is -2.61. The number of fused-ring (bicyclic) bond motifs is 4. The minimum atomic E-state index is -1.62. The van der Waals surface area contributed by atoms with Gasteiger partial charge in [-0.05, 0) is 68.5 Å². The molecule has 1 aromatic rings. The first kappa shape index (κ1) is 33.0. The van der Waals surface area contributed by atoms with Gasteiger partial charge in [0.1, 0.15) is 18.3 Å². The van der Waals surface area contributed by atoms with Gasteiger partial charge in [0, 0.05) is 19.3 Å². The van der Waals surface area contributed by atoms with Crippen molar-refractivity contribution in [3.8, 4) is 0 Å². The first-order valence-electron chi connectivity index (χ1n) is 14.8. The molecule has 9 unspecified atom stereocenters. The summed E-state index contributed by atoms with van der Waals surface area (Å²) < 4.78 is 11.4. The molecule has 236 valence electrons. The van der Waals surface area contributed by atoms with Gasteiger partial charge in [-0.1, -0.05) is 50.3 Å². The van der Waals surface area contributed by atoms with Crippen LogP contribution in [0.2, 0.25) is 0 Å². The topological polar surface area (TPSA) is 154 Å².